The highest BCUT2D eigenvalue weighted by atomic mass is 15.1. The van der Waals surface area contributed by atoms with Crippen LogP contribution in [0.25, 0.3) is 22.3 Å². The van der Waals surface area contributed by atoms with Gasteiger partial charge in [-0.25, -0.2) is 0 Å². The molecule has 0 unspecified atom stereocenters. The van der Waals surface area contributed by atoms with E-state index in [9.17, 15) is 10.5 Å². The van der Waals surface area contributed by atoms with Gasteiger partial charge >= 0.3 is 0 Å². The van der Waals surface area contributed by atoms with Crippen LogP contribution in [0.4, 0.5) is 17.1 Å². The normalized spacial score (nSPS) is 12.9. The molecule has 0 radical (unpaired) electrons. The van der Waals surface area contributed by atoms with Crippen LogP contribution in [-0.4, -0.2) is 0 Å². The predicted octanol–water partition coefficient (Wildman–Crippen LogP) is 9.24. The monoisotopic (exact) mass is 533 g/mol. The summed E-state index contributed by atoms with van der Waals surface area (Å²) >= 11 is 0. The summed E-state index contributed by atoms with van der Waals surface area (Å²) in [6.45, 7) is 0. The highest BCUT2D eigenvalue weighted by Crippen LogP contribution is 2.63. The van der Waals surface area contributed by atoms with E-state index in [1.54, 1.807) is 0 Å². The fourth-order valence-corrected chi connectivity index (χ4v) is 7.07. The fraction of sp³-hybridized carbons (Fsp3) is 0.0256. The Kier molecular flexibility index (Phi) is 5.17. The molecule has 2 aliphatic carbocycles. The number of hydrogen-bond acceptors (Lipinski definition) is 3. The van der Waals surface area contributed by atoms with Crippen molar-refractivity contribution in [2.75, 3.05) is 4.90 Å². The molecule has 0 saturated heterocycles. The van der Waals surface area contributed by atoms with E-state index < -0.39 is 5.41 Å². The molecular formula is C39H23N3. The van der Waals surface area contributed by atoms with Gasteiger partial charge in [-0.05, 0) is 99.1 Å². The molecule has 3 heteroatoms. The van der Waals surface area contributed by atoms with E-state index in [0.29, 0.717) is 11.1 Å². The third-order valence-corrected chi connectivity index (χ3v) is 8.73. The highest BCUT2D eigenvalue weighted by Gasteiger charge is 2.51. The minimum absolute atomic E-state index is 0.391. The van der Waals surface area contributed by atoms with Gasteiger partial charge in [-0.1, -0.05) is 84.9 Å². The van der Waals surface area contributed by atoms with Crippen molar-refractivity contribution in [3.63, 3.8) is 0 Å². The lowest BCUT2D eigenvalue weighted by atomic mass is 9.70. The lowest BCUT2D eigenvalue weighted by Crippen LogP contribution is -2.25. The quantitative estimate of drug-likeness (QED) is 0.227. The summed E-state index contributed by atoms with van der Waals surface area (Å²) in [5.74, 6) is 0. The second-order valence-electron chi connectivity index (χ2n) is 10.8. The van der Waals surface area contributed by atoms with Crippen LogP contribution in [-0.2, 0) is 5.41 Å². The predicted molar refractivity (Wildman–Crippen MR) is 167 cm³/mol. The molecule has 6 aromatic rings. The Morgan fingerprint density at radius 2 is 0.905 bits per heavy atom. The molecule has 194 valence electrons. The van der Waals surface area contributed by atoms with Crippen LogP contribution < -0.4 is 4.90 Å². The third-order valence-electron chi connectivity index (χ3n) is 8.73. The van der Waals surface area contributed by atoms with E-state index in [0.717, 1.165) is 17.1 Å². The standard InChI is InChI=1S/C39H23N3/c40-24-26-16-18-28(19-17-26)42(29-9-7-8-27(22-29)25-41)30-20-21-38-34(23-30)33-12-3-6-15-37(33)39(38)35-13-4-1-10-31(35)32-11-2-5-14-36(32)39/h1-23H. The summed E-state index contributed by atoms with van der Waals surface area (Å²) in [6, 6.07) is 52.9. The molecule has 0 atom stereocenters. The Morgan fingerprint density at radius 1 is 0.405 bits per heavy atom. The maximum atomic E-state index is 9.66. The van der Waals surface area contributed by atoms with Crippen molar-refractivity contribution in [3.8, 4) is 34.4 Å². The first-order valence-electron chi connectivity index (χ1n) is 14.0. The third kappa shape index (κ3) is 3.20. The second kappa shape index (κ2) is 9.07. The first-order chi connectivity index (χ1) is 20.7. The average molecular weight is 534 g/mol. The van der Waals surface area contributed by atoms with E-state index in [1.165, 1.54) is 44.5 Å². The van der Waals surface area contributed by atoms with E-state index in [1.807, 2.05) is 48.5 Å². The molecule has 0 fully saturated rings. The van der Waals surface area contributed by atoms with Crippen LogP contribution in [0.15, 0.2) is 140 Å². The Labute approximate surface area is 244 Å². The lowest BCUT2D eigenvalue weighted by Gasteiger charge is -2.31. The van der Waals surface area contributed by atoms with Gasteiger partial charge in [-0.2, -0.15) is 10.5 Å². The van der Waals surface area contributed by atoms with Gasteiger partial charge in [0, 0.05) is 17.1 Å². The highest BCUT2D eigenvalue weighted by molar-refractivity contribution is 5.96. The molecule has 0 aliphatic heterocycles. The van der Waals surface area contributed by atoms with E-state index in [4.69, 9.17) is 0 Å². The van der Waals surface area contributed by atoms with Gasteiger partial charge in [-0.3, -0.25) is 0 Å². The number of hydrogen-bond donors (Lipinski definition) is 0. The molecule has 1 spiro atoms. The van der Waals surface area contributed by atoms with Crippen LogP contribution in [0.1, 0.15) is 33.4 Å². The molecule has 0 amide bonds. The Balaban J connectivity index is 1.40. The Bertz CT molecular complexity index is 2080. The zero-order chi connectivity index (χ0) is 28.3. The number of rotatable bonds is 3. The molecular weight excluding hydrogens is 510 g/mol. The van der Waals surface area contributed by atoms with Crippen LogP contribution in [0.2, 0.25) is 0 Å². The molecule has 8 rings (SSSR count). The molecule has 0 N–H and O–H groups in total. The molecule has 0 heterocycles. The van der Waals surface area contributed by atoms with Gasteiger partial charge < -0.3 is 4.90 Å². The number of benzene rings is 6. The Hall–Kier alpha value is -5.90. The molecule has 0 saturated carbocycles. The largest absolute Gasteiger partial charge is 0.310 e. The van der Waals surface area contributed by atoms with Gasteiger partial charge in [0.15, 0.2) is 0 Å². The summed E-state index contributed by atoms with van der Waals surface area (Å²) in [5.41, 5.74) is 13.8. The van der Waals surface area contributed by atoms with E-state index in [2.05, 4.69) is 108 Å². The van der Waals surface area contributed by atoms with E-state index in [-0.39, 0.29) is 0 Å². The SMILES string of the molecule is N#Cc1ccc(N(c2cccc(C#N)c2)c2ccc3c(c2)-c2ccccc2C32c3ccccc3-c3ccccc32)cc1. The van der Waals surface area contributed by atoms with Crippen LogP contribution >= 0.6 is 0 Å². The number of nitriles is 2. The topological polar surface area (TPSA) is 50.8 Å². The molecule has 6 aromatic carbocycles. The summed E-state index contributed by atoms with van der Waals surface area (Å²) < 4.78 is 0. The second-order valence-corrected chi connectivity index (χ2v) is 10.8. The maximum absolute atomic E-state index is 9.66. The zero-order valence-corrected chi connectivity index (χ0v) is 22.6. The summed E-state index contributed by atoms with van der Waals surface area (Å²) in [5, 5.41) is 19.1. The Morgan fingerprint density at radius 3 is 1.50 bits per heavy atom. The number of fused-ring (bicyclic) bond motifs is 10. The first kappa shape index (κ1) is 23.9. The smallest absolute Gasteiger partial charge is 0.0992 e. The van der Waals surface area contributed by atoms with Crippen molar-refractivity contribution < 1.29 is 0 Å². The van der Waals surface area contributed by atoms with Gasteiger partial charge in [0.2, 0.25) is 0 Å². The van der Waals surface area contributed by atoms with Crippen molar-refractivity contribution in [2.45, 2.75) is 5.41 Å². The minimum atomic E-state index is -0.391. The van der Waals surface area contributed by atoms with E-state index >= 15 is 0 Å². The van der Waals surface area contributed by atoms with Crippen molar-refractivity contribution in [3.05, 3.63) is 173 Å². The van der Waals surface area contributed by atoms with Crippen molar-refractivity contribution >= 4 is 17.1 Å². The summed E-state index contributed by atoms with van der Waals surface area (Å²) in [7, 11) is 0. The van der Waals surface area contributed by atoms with Crippen LogP contribution in [0, 0.1) is 22.7 Å². The van der Waals surface area contributed by atoms with Crippen molar-refractivity contribution in [1.29, 1.82) is 10.5 Å². The van der Waals surface area contributed by atoms with Crippen LogP contribution in [0.5, 0.6) is 0 Å². The average Bonchev–Trinajstić information content (AvgIpc) is 3.52. The number of nitrogens with zero attached hydrogens (tertiary/aromatic N) is 3. The molecule has 3 nitrogen and oxygen atoms in total. The summed E-state index contributed by atoms with van der Waals surface area (Å²) in [4.78, 5) is 2.16. The number of anilines is 3. The van der Waals surface area contributed by atoms with Crippen molar-refractivity contribution in [1.82, 2.24) is 0 Å². The van der Waals surface area contributed by atoms with Gasteiger partial charge in [0.25, 0.3) is 0 Å². The van der Waals surface area contributed by atoms with Crippen molar-refractivity contribution in [2.24, 2.45) is 0 Å². The van der Waals surface area contributed by atoms with Crippen LogP contribution in [0.3, 0.4) is 0 Å². The molecule has 0 aromatic heterocycles. The fourth-order valence-electron chi connectivity index (χ4n) is 7.07. The zero-order valence-electron chi connectivity index (χ0n) is 22.6. The maximum Gasteiger partial charge on any atom is 0.0992 e. The lowest BCUT2D eigenvalue weighted by molar-refractivity contribution is 0.794. The summed E-state index contributed by atoms with van der Waals surface area (Å²) in [6.07, 6.45) is 0. The minimum Gasteiger partial charge on any atom is -0.310 e. The van der Waals surface area contributed by atoms with Gasteiger partial charge in [0.1, 0.15) is 0 Å². The molecule has 42 heavy (non-hydrogen) atoms. The van der Waals surface area contributed by atoms with Gasteiger partial charge in [0.05, 0.1) is 28.7 Å². The first-order valence-corrected chi connectivity index (χ1v) is 14.0. The molecule has 2 aliphatic rings. The molecule has 0 bridgehead atoms. The van der Waals surface area contributed by atoms with Gasteiger partial charge in [-0.15, -0.1) is 0 Å².